The van der Waals surface area contributed by atoms with E-state index >= 15 is 0 Å². The van der Waals surface area contributed by atoms with E-state index in [2.05, 4.69) is 14.5 Å². The number of hydrogen-bond donors (Lipinski definition) is 0. The number of alkyl halides is 3. The Balaban J connectivity index is 0.00000205. The number of fused-ring (bicyclic) bond motifs is 1. The number of rotatable bonds is 10. The fourth-order valence-electron chi connectivity index (χ4n) is 3.62. The van der Waals surface area contributed by atoms with Crippen LogP contribution >= 0.6 is 23.1 Å². The van der Waals surface area contributed by atoms with Gasteiger partial charge in [0.25, 0.3) is 0 Å². The first kappa shape index (κ1) is 30.2. The molecule has 3 heterocycles. The van der Waals surface area contributed by atoms with E-state index in [1.807, 2.05) is 13.8 Å². The molecule has 0 aliphatic carbocycles. The Hall–Kier alpha value is -3.38. The molecule has 0 saturated heterocycles. The Morgan fingerprint density at radius 3 is 2.67 bits per heavy atom. The summed E-state index contributed by atoms with van der Waals surface area (Å²) in [5.41, 5.74) is 1.52. The predicted octanol–water partition coefficient (Wildman–Crippen LogP) is 6.57. The lowest BCUT2D eigenvalue weighted by atomic mass is 10.1. The molecule has 3 aromatic heterocycles. The van der Waals surface area contributed by atoms with Crippen LogP contribution in [0.4, 0.5) is 13.2 Å². The maximum atomic E-state index is 12.8. The van der Waals surface area contributed by atoms with E-state index in [1.54, 1.807) is 44.3 Å². The van der Waals surface area contributed by atoms with Crippen LogP contribution in [0.15, 0.2) is 42.7 Å². The van der Waals surface area contributed by atoms with E-state index in [0.717, 1.165) is 20.9 Å². The molecular formula is C26H28ClF3N4O4S. The summed E-state index contributed by atoms with van der Waals surface area (Å²) >= 11 is 7.34. The van der Waals surface area contributed by atoms with Gasteiger partial charge in [0, 0.05) is 24.4 Å². The fraction of sp³-hybridized carbons (Fsp3) is 0.385. The summed E-state index contributed by atoms with van der Waals surface area (Å²) in [7, 11) is 0. The number of halogens is 4. The maximum absolute atomic E-state index is 12.8. The third-order valence-electron chi connectivity index (χ3n) is 5.36. The molecule has 0 N–H and O–H groups in total. The van der Waals surface area contributed by atoms with Crippen LogP contribution in [0.2, 0.25) is 5.15 Å². The van der Waals surface area contributed by atoms with Crippen molar-refractivity contribution in [2.75, 3.05) is 6.61 Å². The van der Waals surface area contributed by atoms with Gasteiger partial charge in [-0.15, -0.1) is 0 Å². The van der Waals surface area contributed by atoms with Crippen LogP contribution in [0.25, 0.3) is 10.1 Å². The van der Waals surface area contributed by atoms with Gasteiger partial charge in [0.2, 0.25) is 12.0 Å². The Bertz CT molecular complexity index is 1390. The smallest absolute Gasteiger partial charge is 0.408 e. The van der Waals surface area contributed by atoms with Gasteiger partial charge in [-0.2, -0.15) is 22.6 Å². The van der Waals surface area contributed by atoms with Crippen molar-refractivity contribution in [2.24, 2.45) is 0 Å². The summed E-state index contributed by atoms with van der Waals surface area (Å²) in [5.74, 6) is 0.0144. The monoisotopic (exact) mass is 584 g/mol. The van der Waals surface area contributed by atoms with Crippen molar-refractivity contribution in [3.63, 3.8) is 0 Å². The van der Waals surface area contributed by atoms with Gasteiger partial charge in [-0.3, -0.25) is 4.68 Å². The summed E-state index contributed by atoms with van der Waals surface area (Å²) in [5, 5.41) is 4.68. The first-order valence-corrected chi connectivity index (χ1v) is 13.3. The molecule has 0 radical (unpaired) electrons. The number of nitrogens with zero attached hydrogens (tertiary/aromatic N) is 4. The molecule has 1 unspecified atom stereocenters. The normalized spacial score (nSPS) is 12.0. The third-order valence-corrected chi connectivity index (χ3v) is 6.50. The van der Waals surface area contributed by atoms with E-state index in [0.29, 0.717) is 27.4 Å². The summed E-state index contributed by atoms with van der Waals surface area (Å²) in [6.45, 7) is 6.24. The van der Waals surface area contributed by atoms with Gasteiger partial charge in [-0.05, 0) is 43.1 Å². The van der Waals surface area contributed by atoms with Crippen LogP contribution < -0.4 is 9.47 Å². The summed E-state index contributed by atoms with van der Waals surface area (Å²) in [6.07, 6.45) is -2.56. The molecule has 0 saturated carbocycles. The van der Waals surface area contributed by atoms with Crippen LogP contribution in [0.3, 0.4) is 0 Å². The molecule has 0 spiro atoms. The summed E-state index contributed by atoms with van der Waals surface area (Å²) in [6, 6.07) is 8.33. The van der Waals surface area contributed by atoms with Crippen LogP contribution in [-0.4, -0.2) is 44.0 Å². The lowest BCUT2D eigenvalue weighted by Gasteiger charge is -2.19. The van der Waals surface area contributed by atoms with Gasteiger partial charge >= 0.3 is 12.1 Å². The largest absolute Gasteiger partial charge is 0.487 e. The van der Waals surface area contributed by atoms with E-state index in [1.165, 1.54) is 12.3 Å². The minimum atomic E-state index is -4.42. The molecule has 1 atom stereocenters. The van der Waals surface area contributed by atoms with Crippen molar-refractivity contribution in [1.29, 1.82) is 0 Å². The van der Waals surface area contributed by atoms with Crippen molar-refractivity contribution in [3.8, 4) is 11.6 Å². The zero-order valence-corrected chi connectivity index (χ0v) is 23.4. The highest BCUT2D eigenvalue weighted by atomic mass is 35.5. The molecule has 4 aromatic rings. The quantitative estimate of drug-likeness (QED) is 0.154. The molecule has 4 rings (SSSR count). The van der Waals surface area contributed by atoms with Crippen molar-refractivity contribution < 1.29 is 32.2 Å². The highest BCUT2D eigenvalue weighted by molar-refractivity contribution is 7.13. The number of ether oxygens (including phenoxy) is 3. The Labute approximate surface area is 232 Å². The summed E-state index contributed by atoms with van der Waals surface area (Å²) in [4.78, 5) is 16.9. The molecule has 1 aromatic carbocycles. The van der Waals surface area contributed by atoms with Gasteiger partial charge in [0.05, 0.1) is 22.4 Å². The Morgan fingerprint density at radius 2 is 1.95 bits per heavy atom. The number of aryl methyl sites for hydroxylation is 1. The van der Waals surface area contributed by atoms with E-state index in [9.17, 15) is 18.0 Å². The van der Waals surface area contributed by atoms with Crippen LogP contribution in [-0.2, 0) is 29.1 Å². The van der Waals surface area contributed by atoms with Crippen molar-refractivity contribution >= 4 is 39.2 Å². The number of pyridine rings is 1. The lowest BCUT2D eigenvalue weighted by Crippen LogP contribution is -2.32. The fourth-order valence-corrected chi connectivity index (χ4v) is 4.51. The van der Waals surface area contributed by atoms with Gasteiger partial charge < -0.3 is 14.2 Å². The molecule has 0 bridgehead atoms. The standard InChI is InChI=1S/C24H22ClF3N4O4S.C2H6/c1-3-34-23(33)18(36-22-20-14(2)21(25)29-11-19(20)37-31-22)10-15-6-4-5-7-17(15)35-12-16-8-9-30-32(16)13-24(26,27)28;1-2/h4-9,11,18H,3,10,12-13H2,1-2H3;1-2H3. The second-order valence-electron chi connectivity index (χ2n) is 7.96. The van der Waals surface area contributed by atoms with Gasteiger partial charge in [0.15, 0.2) is 0 Å². The highest BCUT2D eigenvalue weighted by Gasteiger charge is 2.30. The zero-order valence-electron chi connectivity index (χ0n) is 21.8. The average molecular weight is 585 g/mol. The van der Waals surface area contributed by atoms with E-state index in [4.69, 9.17) is 25.8 Å². The average Bonchev–Trinajstić information content (AvgIpc) is 3.52. The summed E-state index contributed by atoms with van der Waals surface area (Å²) < 4.78 is 61.5. The third kappa shape index (κ3) is 7.82. The van der Waals surface area contributed by atoms with Crippen LogP contribution in [0, 0.1) is 6.92 Å². The molecule has 0 aliphatic heterocycles. The molecule has 0 aliphatic rings. The predicted molar refractivity (Wildman–Crippen MR) is 142 cm³/mol. The van der Waals surface area contributed by atoms with Crippen molar-refractivity contribution in [2.45, 2.75) is 59.5 Å². The van der Waals surface area contributed by atoms with Gasteiger partial charge in [-0.25, -0.2) is 9.78 Å². The Morgan fingerprint density at radius 1 is 1.21 bits per heavy atom. The number of para-hydroxylation sites is 1. The van der Waals surface area contributed by atoms with Gasteiger partial charge in [0.1, 0.15) is 24.1 Å². The molecule has 210 valence electrons. The molecule has 0 amide bonds. The minimum absolute atomic E-state index is 0.0632. The van der Waals surface area contributed by atoms with Gasteiger partial charge in [-0.1, -0.05) is 43.6 Å². The van der Waals surface area contributed by atoms with Crippen LogP contribution in [0.1, 0.15) is 37.6 Å². The lowest BCUT2D eigenvalue weighted by molar-refractivity contribution is -0.151. The molecule has 8 nitrogen and oxygen atoms in total. The zero-order chi connectivity index (χ0) is 28.6. The topological polar surface area (TPSA) is 88.4 Å². The van der Waals surface area contributed by atoms with E-state index < -0.39 is 24.8 Å². The number of hydrogen-bond acceptors (Lipinski definition) is 8. The first-order chi connectivity index (χ1) is 18.7. The second kappa shape index (κ2) is 13.6. The molecule has 0 fully saturated rings. The van der Waals surface area contributed by atoms with Crippen molar-refractivity contribution in [1.82, 2.24) is 19.1 Å². The Kier molecular flexibility index (Phi) is 10.5. The SMILES string of the molecule is CC.CCOC(=O)C(Cc1ccccc1OCc1ccnn1CC(F)(F)F)Oc1nsc2cnc(Cl)c(C)c12. The molecule has 13 heteroatoms. The molecular weight excluding hydrogens is 557 g/mol. The molecule has 39 heavy (non-hydrogen) atoms. The van der Waals surface area contributed by atoms with Crippen LogP contribution in [0.5, 0.6) is 11.6 Å². The van der Waals surface area contributed by atoms with Crippen molar-refractivity contribution in [3.05, 3.63) is 64.7 Å². The number of aromatic nitrogens is 4. The highest BCUT2D eigenvalue weighted by Crippen LogP contribution is 2.35. The number of carbonyl (C=O) groups is 1. The van der Waals surface area contributed by atoms with E-state index in [-0.39, 0.29) is 31.2 Å². The first-order valence-electron chi connectivity index (χ1n) is 12.2. The number of carbonyl (C=O) groups excluding carboxylic acids is 1. The minimum Gasteiger partial charge on any atom is -0.487 e. The number of benzene rings is 1. The maximum Gasteiger partial charge on any atom is 0.408 e. The second-order valence-corrected chi connectivity index (χ2v) is 9.12. The number of esters is 1.